The van der Waals surface area contributed by atoms with Gasteiger partial charge in [-0.05, 0) is 63.9 Å². The van der Waals surface area contributed by atoms with E-state index in [2.05, 4.69) is 72.0 Å². The number of aromatic nitrogens is 3. The summed E-state index contributed by atoms with van der Waals surface area (Å²) < 4.78 is 3.99. The maximum Gasteiger partial charge on any atom is 0.290 e. The minimum absolute atomic E-state index is 0.271. The van der Waals surface area contributed by atoms with Crippen LogP contribution in [0.15, 0.2) is 40.9 Å². The average Bonchev–Trinajstić information content (AvgIpc) is 3.31. The van der Waals surface area contributed by atoms with Crippen LogP contribution in [0.4, 0.5) is 0 Å². The Balaban J connectivity index is 1.58. The zero-order valence-electron chi connectivity index (χ0n) is 17.1. The van der Waals surface area contributed by atoms with Crippen molar-refractivity contribution in [2.75, 3.05) is 0 Å². The molecule has 29 heavy (non-hydrogen) atoms. The second-order valence-electron chi connectivity index (χ2n) is 7.23. The van der Waals surface area contributed by atoms with Crippen molar-refractivity contribution in [2.24, 2.45) is 5.10 Å². The lowest BCUT2D eigenvalue weighted by molar-refractivity contribution is 0.0948. The number of hydrazone groups is 1. The van der Waals surface area contributed by atoms with Gasteiger partial charge < -0.3 is 4.57 Å². The summed E-state index contributed by atoms with van der Waals surface area (Å²) in [6.07, 6.45) is 3.54. The number of rotatable bonds is 4. The van der Waals surface area contributed by atoms with Crippen LogP contribution in [0, 0.1) is 34.6 Å². The van der Waals surface area contributed by atoms with Crippen molar-refractivity contribution in [1.29, 1.82) is 0 Å². The third kappa shape index (κ3) is 3.38. The lowest BCUT2D eigenvalue weighted by Gasteiger charge is -2.11. The molecule has 0 unspecified atom stereocenters. The Morgan fingerprint density at radius 2 is 1.93 bits per heavy atom. The molecule has 3 aromatic heterocycles. The predicted octanol–water partition coefficient (Wildman–Crippen LogP) is 4.49. The molecule has 1 amide bonds. The third-order valence-corrected chi connectivity index (χ3v) is 6.00. The number of amides is 1. The summed E-state index contributed by atoms with van der Waals surface area (Å²) in [4.78, 5) is 17.8. The van der Waals surface area contributed by atoms with Crippen molar-refractivity contribution in [3.8, 4) is 5.69 Å². The van der Waals surface area contributed by atoms with Crippen LogP contribution in [-0.2, 0) is 0 Å². The molecule has 0 spiro atoms. The molecule has 0 saturated heterocycles. The highest BCUT2D eigenvalue weighted by molar-refractivity contribution is 7.15. The molecule has 148 valence electrons. The Morgan fingerprint density at radius 1 is 1.14 bits per heavy atom. The molecule has 0 radical (unpaired) electrons. The highest BCUT2D eigenvalue weighted by atomic mass is 32.1. The van der Waals surface area contributed by atoms with Crippen molar-refractivity contribution >= 4 is 28.4 Å². The van der Waals surface area contributed by atoms with Gasteiger partial charge >= 0.3 is 0 Å². The van der Waals surface area contributed by atoms with Gasteiger partial charge in [0.25, 0.3) is 5.91 Å². The first-order chi connectivity index (χ1) is 13.9. The van der Waals surface area contributed by atoms with E-state index in [0.717, 1.165) is 27.6 Å². The number of nitrogens with one attached hydrogen (secondary N) is 1. The van der Waals surface area contributed by atoms with Crippen LogP contribution in [0.1, 0.15) is 44.3 Å². The maximum atomic E-state index is 12.6. The molecule has 0 aliphatic heterocycles. The van der Waals surface area contributed by atoms with E-state index in [4.69, 9.17) is 0 Å². The van der Waals surface area contributed by atoms with Gasteiger partial charge in [0.1, 0.15) is 5.69 Å². The number of benzene rings is 1. The molecular formula is C22H23N5OS. The second-order valence-corrected chi connectivity index (χ2v) is 8.10. The van der Waals surface area contributed by atoms with Gasteiger partial charge in [-0.1, -0.05) is 6.07 Å². The zero-order valence-corrected chi connectivity index (χ0v) is 18.0. The molecular weight excluding hydrogens is 382 g/mol. The monoisotopic (exact) mass is 405 g/mol. The van der Waals surface area contributed by atoms with Gasteiger partial charge in [0, 0.05) is 34.2 Å². The molecule has 0 bridgehead atoms. The average molecular weight is 406 g/mol. The van der Waals surface area contributed by atoms with Crippen LogP contribution >= 0.6 is 11.3 Å². The minimum atomic E-state index is -0.271. The summed E-state index contributed by atoms with van der Waals surface area (Å²) in [5.74, 6) is -0.271. The van der Waals surface area contributed by atoms with Crippen molar-refractivity contribution in [2.45, 2.75) is 34.6 Å². The van der Waals surface area contributed by atoms with Gasteiger partial charge in [0.05, 0.1) is 11.9 Å². The standard InChI is InChI=1S/C22H23N5OS/c1-13-6-7-19(10-14(13)2)27-15(3)11-18(17(27)5)12-23-25-21(28)20-16(4)24-22-26(20)8-9-29-22/h6-12H,1-5H3,(H,25,28)/b23-12+. The van der Waals surface area contributed by atoms with Gasteiger partial charge in [-0.15, -0.1) is 11.3 Å². The van der Waals surface area contributed by atoms with Crippen molar-refractivity contribution in [3.63, 3.8) is 0 Å². The lowest BCUT2D eigenvalue weighted by atomic mass is 10.1. The van der Waals surface area contributed by atoms with Crippen LogP contribution in [0.2, 0.25) is 0 Å². The highest BCUT2D eigenvalue weighted by Gasteiger charge is 2.17. The second kappa shape index (κ2) is 7.33. The fraction of sp³-hybridized carbons (Fsp3) is 0.227. The first-order valence-corrected chi connectivity index (χ1v) is 10.3. The SMILES string of the molecule is Cc1ccc(-n2c(C)cc(/C=N/NC(=O)c3c(C)nc4sccn34)c2C)cc1C. The molecule has 4 rings (SSSR count). The normalized spacial score (nSPS) is 11.6. The summed E-state index contributed by atoms with van der Waals surface area (Å²) in [6, 6.07) is 8.52. The van der Waals surface area contributed by atoms with E-state index in [-0.39, 0.29) is 5.91 Å². The van der Waals surface area contributed by atoms with E-state index in [1.54, 1.807) is 10.6 Å². The van der Waals surface area contributed by atoms with Crippen LogP contribution in [0.25, 0.3) is 10.6 Å². The molecule has 0 aliphatic carbocycles. The van der Waals surface area contributed by atoms with Crippen LogP contribution < -0.4 is 5.43 Å². The largest absolute Gasteiger partial charge is 0.318 e. The molecule has 0 saturated carbocycles. The molecule has 6 nitrogen and oxygen atoms in total. The van der Waals surface area contributed by atoms with Crippen molar-refractivity contribution < 1.29 is 4.79 Å². The first kappa shape index (κ1) is 19.1. The van der Waals surface area contributed by atoms with Gasteiger partial charge in [-0.25, -0.2) is 10.4 Å². The molecule has 4 aromatic rings. The van der Waals surface area contributed by atoms with Gasteiger partial charge in [-0.3, -0.25) is 9.20 Å². The Kier molecular flexibility index (Phi) is 4.84. The zero-order chi connectivity index (χ0) is 20.7. The summed E-state index contributed by atoms with van der Waals surface area (Å²) in [5.41, 5.74) is 10.7. The molecule has 3 heterocycles. The topological polar surface area (TPSA) is 63.7 Å². The molecule has 1 N–H and O–H groups in total. The third-order valence-electron chi connectivity index (χ3n) is 5.24. The predicted molar refractivity (Wildman–Crippen MR) is 118 cm³/mol. The highest BCUT2D eigenvalue weighted by Crippen LogP contribution is 2.22. The number of carbonyl (C=O) groups is 1. The summed E-state index contributed by atoms with van der Waals surface area (Å²) in [6.45, 7) is 10.2. The quantitative estimate of drug-likeness (QED) is 0.402. The van der Waals surface area contributed by atoms with Crippen molar-refractivity contribution in [3.05, 3.63) is 75.3 Å². The van der Waals surface area contributed by atoms with Gasteiger partial charge in [0.15, 0.2) is 4.96 Å². The Morgan fingerprint density at radius 3 is 2.69 bits per heavy atom. The number of fused-ring (bicyclic) bond motifs is 1. The van der Waals surface area contributed by atoms with E-state index in [0.29, 0.717) is 11.4 Å². The number of nitrogens with zero attached hydrogens (tertiary/aromatic N) is 4. The molecule has 0 aliphatic rings. The maximum absolute atomic E-state index is 12.6. The summed E-state index contributed by atoms with van der Waals surface area (Å²) in [5, 5.41) is 6.10. The number of carbonyl (C=O) groups excluding carboxylic acids is 1. The van der Waals surface area contributed by atoms with Gasteiger partial charge in [0.2, 0.25) is 0 Å². The van der Waals surface area contributed by atoms with Crippen LogP contribution in [0.5, 0.6) is 0 Å². The minimum Gasteiger partial charge on any atom is -0.318 e. The number of imidazole rings is 1. The number of thiazole rings is 1. The molecule has 0 atom stereocenters. The fourth-order valence-electron chi connectivity index (χ4n) is 3.56. The Labute approximate surface area is 173 Å². The Bertz CT molecular complexity index is 1260. The number of hydrogen-bond acceptors (Lipinski definition) is 4. The summed E-state index contributed by atoms with van der Waals surface area (Å²) in [7, 11) is 0. The van der Waals surface area contributed by atoms with E-state index in [1.165, 1.54) is 22.5 Å². The number of aryl methyl sites for hydroxylation is 4. The molecule has 1 aromatic carbocycles. The van der Waals surface area contributed by atoms with E-state index >= 15 is 0 Å². The van der Waals surface area contributed by atoms with Gasteiger partial charge in [-0.2, -0.15) is 5.10 Å². The lowest BCUT2D eigenvalue weighted by Crippen LogP contribution is -2.20. The summed E-state index contributed by atoms with van der Waals surface area (Å²) >= 11 is 1.50. The first-order valence-electron chi connectivity index (χ1n) is 9.39. The van der Waals surface area contributed by atoms with E-state index in [9.17, 15) is 4.79 Å². The van der Waals surface area contributed by atoms with Crippen LogP contribution in [0.3, 0.4) is 0 Å². The van der Waals surface area contributed by atoms with E-state index < -0.39 is 0 Å². The Hall–Kier alpha value is -3.19. The number of hydrogen-bond donors (Lipinski definition) is 1. The van der Waals surface area contributed by atoms with Crippen LogP contribution in [-0.4, -0.2) is 26.1 Å². The molecule has 0 fully saturated rings. The fourth-order valence-corrected chi connectivity index (χ4v) is 4.32. The molecule has 7 heteroatoms. The van der Waals surface area contributed by atoms with E-state index in [1.807, 2.05) is 18.5 Å². The van der Waals surface area contributed by atoms with Crippen molar-refractivity contribution in [1.82, 2.24) is 19.4 Å². The smallest absolute Gasteiger partial charge is 0.290 e.